The maximum Gasteiger partial charge on any atom is 0.335 e. The molecule has 1 atom stereocenters. The molecule has 0 spiro atoms. The highest BCUT2D eigenvalue weighted by Crippen LogP contribution is 2.39. The third kappa shape index (κ3) is 3.69. The quantitative estimate of drug-likeness (QED) is 0.781. The summed E-state index contributed by atoms with van der Waals surface area (Å²) >= 11 is 0. The van der Waals surface area contributed by atoms with Gasteiger partial charge in [0, 0.05) is 19.5 Å². The third-order valence-corrected chi connectivity index (χ3v) is 5.86. The molecule has 0 aliphatic heterocycles. The minimum atomic E-state index is -0.872. The van der Waals surface area contributed by atoms with Crippen molar-refractivity contribution >= 4 is 12.3 Å². The van der Waals surface area contributed by atoms with Gasteiger partial charge in [-0.2, -0.15) is 0 Å². The Morgan fingerprint density at radius 1 is 1.38 bits per heavy atom. The predicted molar refractivity (Wildman–Crippen MR) is 93.4 cm³/mol. The molecule has 24 heavy (non-hydrogen) atoms. The molecular formula is C20H27NO3. The molecule has 1 unspecified atom stereocenters. The van der Waals surface area contributed by atoms with Crippen molar-refractivity contribution in [1.29, 1.82) is 0 Å². The summed E-state index contributed by atoms with van der Waals surface area (Å²) < 4.78 is 0. The Labute approximate surface area is 143 Å². The molecule has 0 heterocycles. The zero-order chi connectivity index (χ0) is 17.2. The number of nitrogens with zero attached hydrogens (tertiary/aromatic N) is 1. The lowest BCUT2D eigenvalue weighted by Crippen LogP contribution is -2.42. The second-order valence-corrected chi connectivity index (χ2v) is 7.83. The molecule has 1 N–H and O–H groups in total. The summed E-state index contributed by atoms with van der Waals surface area (Å²) in [7, 11) is 2.17. The summed E-state index contributed by atoms with van der Waals surface area (Å²) in [5, 5.41) is 9.15. The van der Waals surface area contributed by atoms with Crippen LogP contribution in [0.2, 0.25) is 0 Å². The first-order valence-electron chi connectivity index (χ1n) is 8.99. The Balaban J connectivity index is 1.73. The van der Waals surface area contributed by atoms with Crippen molar-refractivity contribution in [1.82, 2.24) is 4.90 Å². The third-order valence-electron chi connectivity index (χ3n) is 5.86. The lowest BCUT2D eigenvalue weighted by Gasteiger charge is -2.41. The standard InChI is InChI=1S/C20H27NO3/c1-21(13-15-3-2-4-15)14-20(9-10-22)8-7-16-11-17(19(23)24)5-6-18(16)12-20/h5-6,10-11,15H,2-4,7-9,12-14H2,1H3,(H,23,24). The number of aldehydes is 1. The van der Waals surface area contributed by atoms with Crippen LogP contribution >= 0.6 is 0 Å². The van der Waals surface area contributed by atoms with Gasteiger partial charge >= 0.3 is 5.97 Å². The molecule has 2 aliphatic rings. The lowest BCUT2D eigenvalue weighted by atomic mass is 9.69. The minimum Gasteiger partial charge on any atom is -0.478 e. The van der Waals surface area contributed by atoms with E-state index in [2.05, 4.69) is 11.9 Å². The van der Waals surface area contributed by atoms with E-state index in [1.807, 2.05) is 6.07 Å². The second kappa shape index (κ2) is 7.06. The smallest absolute Gasteiger partial charge is 0.335 e. The highest BCUT2D eigenvalue weighted by atomic mass is 16.4. The van der Waals surface area contributed by atoms with E-state index in [9.17, 15) is 9.59 Å². The molecule has 2 aliphatic carbocycles. The topological polar surface area (TPSA) is 57.6 Å². The van der Waals surface area contributed by atoms with Gasteiger partial charge in [0.2, 0.25) is 0 Å². The number of benzene rings is 1. The van der Waals surface area contributed by atoms with Crippen LogP contribution in [0.15, 0.2) is 18.2 Å². The largest absolute Gasteiger partial charge is 0.478 e. The lowest BCUT2D eigenvalue weighted by molar-refractivity contribution is -0.110. The monoisotopic (exact) mass is 329 g/mol. The van der Waals surface area contributed by atoms with Gasteiger partial charge in [-0.25, -0.2) is 4.79 Å². The number of hydrogen-bond acceptors (Lipinski definition) is 3. The second-order valence-electron chi connectivity index (χ2n) is 7.83. The predicted octanol–water partition coefficient (Wildman–Crippen LogP) is 3.18. The van der Waals surface area contributed by atoms with Crippen LogP contribution < -0.4 is 0 Å². The number of aryl methyl sites for hydroxylation is 1. The molecule has 0 aromatic heterocycles. The van der Waals surface area contributed by atoms with E-state index in [0.29, 0.717) is 12.0 Å². The molecule has 0 amide bonds. The van der Waals surface area contributed by atoms with Crippen LogP contribution in [0.5, 0.6) is 0 Å². The van der Waals surface area contributed by atoms with Crippen molar-refractivity contribution < 1.29 is 14.7 Å². The van der Waals surface area contributed by atoms with Crippen molar-refractivity contribution in [3.63, 3.8) is 0 Å². The van der Waals surface area contributed by atoms with Gasteiger partial charge in [0.15, 0.2) is 0 Å². The summed E-state index contributed by atoms with van der Waals surface area (Å²) in [4.78, 5) is 24.9. The fraction of sp³-hybridized carbons (Fsp3) is 0.600. The van der Waals surface area contributed by atoms with E-state index in [1.54, 1.807) is 12.1 Å². The van der Waals surface area contributed by atoms with Crippen LogP contribution in [-0.4, -0.2) is 42.4 Å². The summed E-state index contributed by atoms with van der Waals surface area (Å²) in [6.07, 6.45) is 8.37. The van der Waals surface area contributed by atoms with Gasteiger partial charge in [-0.3, -0.25) is 0 Å². The number of carbonyl (C=O) groups is 2. The summed E-state index contributed by atoms with van der Waals surface area (Å²) in [6.45, 7) is 2.08. The zero-order valence-electron chi connectivity index (χ0n) is 14.5. The fourth-order valence-electron chi connectivity index (χ4n) is 4.36. The first-order chi connectivity index (χ1) is 11.5. The van der Waals surface area contributed by atoms with E-state index >= 15 is 0 Å². The average molecular weight is 329 g/mol. The normalized spacial score (nSPS) is 23.6. The number of carbonyl (C=O) groups excluding carboxylic acids is 1. The van der Waals surface area contributed by atoms with Gasteiger partial charge in [-0.1, -0.05) is 12.5 Å². The van der Waals surface area contributed by atoms with Crippen molar-refractivity contribution in [2.45, 2.75) is 44.9 Å². The Morgan fingerprint density at radius 2 is 2.17 bits per heavy atom. The molecule has 1 aromatic carbocycles. The van der Waals surface area contributed by atoms with Gasteiger partial charge in [-0.15, -0.1) is 0 Å². The van der Waals surface area contributed by atoms with Crippen molar-refractivity contribution in [2.75, 3.05) is 20.1 Å². The first-order valence-corrected chi connectivity index (χ1v) is 8.99. The van der Waals surface area contributed by atoms with Gasteiger partial charge in [0.1, 0.15) is 6.29 Å². The molecule has 0 bridgehead atoms. The van der Waals surface area contributed by atoms with Crippen LogP contribution in [0.25, 0.3) is 0 Å². The maximum atomic E-state index is 11.3. The summed E-state index contributed by atoms with van der Waals surface area (Å²) in [6, 6.07) is 5.44. The first kappa shape index (κ1) is 17.2. The number of carboxylic acids is 1. The molecule has 0 saturated heterocycles. The number of aromatic carboxylic acids is 1. The summed E-state index contributed by atoms with van der Waals surface area (Å²) in [5.41, 5.74) is 2.71. The van der Waals surface area contributed by atoms with E-state index < -0.39 is 5.97 Å². The SMILES string of the molecule is CN(CC1CCC1)CC1(CC=O)CCc2cc(C(=O)O)ccc2C1. The van der Waals surface area contributed by atoms with E-state index in [4.69, 9.17) is 5.11 Å². The van der Waals surface area contributed by atoms with Crippen LogP contribution in [0.1, 0.15) is 53.6 Å². The van der Waals surface area contributed by atoms with Crippen molar-refractivity contribution in [3.05, 3.63) is 34.9 Å². The molecule has 0 radical (unpaired) electrons. The van der Waals surface area contributed by atoms with Crippen LogP contribution in [0.4, 0.5) is 0 Å². The van der Waals surface area contributed by atoms with Crippen molar-refractivity contribution in [3.8, 4) is 0 Å². The van der Waals surface area contributed by atoms with E-state index in [-0.39, 0.29) is 5.41 Å². The number of fused-ring (bicyclic) bond motifs is 1. The van der Waals surface area contributed by atoms with Gasteiger partial charge < -0.3 is 14.8 Å². The highest BCUT2D eigenvalue weighted by molar-refractivity contribution is 5.87. The Kier molecular flexibility index (Phi) is 5.04. The molecule has 3 rings (SSSR count). The number of carboxylic acid groups (broad SMARTS) is 1. The van der Waals surface area contributed by atoms with Gasteiger partial charge in [-0.05, 0) is 73.7 Å². The van der Waals surface area contributed by atoms with E-state index in [0.717, 1.165) is 50.1 Å². The zero-order valence-corrected chi connectivity index (χ0v) is 14.5. The Bertz CT molecular complexity index is 623. The van der Waals surface area contributed by atoms with Gasteiger partial charge in [0.05, 0.1) is 5.56 Å². The molecule has 1 aromatic rings. The van der Waals surface area contributed by atoms with Crippen LogP contribution in [-0.2, 0) is 17.6 Å². The fourth-order valence-corrected chi connectivity index (χ4v) is 4.36. The number of hydrogen-bond donors (Lipinski definition) is 1. The number of rotatable bonds is 7. The molecule has 4 nitrogen and oxygen atoms in total. The summed E-state index contributed by atoms with van der Waals surface area (Å²) in [5.74, 6) is -0.0416. The van der Waals surface area contributed by atoms with Crippen LogP contribution in [0.3, 0.4) is 0 Å². The Hall–Kier alpha value is -1.68. The highest BCUT2D eigenvalue weighted by Gasteiger charge is 2.36. The molecule has 1 saturated carbocycles. The van der Waals surface area contributed by atoms with Gasteiger partial charge in [0.25, 0.3) is 0 Å². The Morgan fingerprint density at radius 3 is 2.79 bits per heavy atom. The molecule has 4 heteroatoms. The van der Waals surface area contributed by atoms with Crippen LogP contribution in [0, 0.1) is 11.3 Å². The average Bonchev–Trinajstić information content (AvgIpc) is 2.50. The maximum absolute atomic E-state index is 11.3. The minimum absolute atomic E-state index is 0.00200. The molecule has 130 valence electrons. The molecule has 1 fully saturated rings. The van der Waals surface area contributed by atoms with E-state index in [1.165, 1.54) is 24.8 Å². The van der Waals surface area contributed by atoms with Crippen molar-refractivity contribution in [2.24, 2.45) is 11.3 Å². The molecular weight excluding hydrogens is 302 g/mol.